The van der Waals surface area contributed by atoms with Crippen LogP contribution in [0.15, 0.2) is 24.3 Å². The molecule has 0 radical (unpaired) electrons. The van der Waals surface area contributed by atoms with Crippen LogP contribution in [-0.2, 0) is 6.54 Å². The lowest BCUT2D eigenvalue weighted by molar-refractivity contribution is 0.626. The number of nitrogens with zero attached hydrogens (tertiary/aromatic N) is 2. The molecule has 1 aliphatic carbocycles. The largest absolute Gasteiger partial charge is 0.383 e. The van der Waals surface area contributed by atoms with E-state index in [1.807, 2.05) is 13.0 Å². The Morgan fingerprint density at radius 2 is 2.15 bits per heavy atom. The molecule has 0 bridgehead atoms. The Kier molecular flexibility index (Phi) is 3.26. The molecule has 1 aromatic heterocycles. The van der Waals surface area contributed by atoms with Gasteiger partial charge in [-0.2, -0.15) is 0 Å². The number of nitrogens with one attached hydrogen (secondary N) is 1. The fraction of sp³-hybridized carbons (Fsp3) is 0.333. The lowest BCUT2D eigenvalue weighted by Gasteiger charge is -2.12. The van der Waals surface area contributed by atoms with Crippen LogP contribution in [0.3, 0.4) is 0 Å². The molecule has 20 heavy (non-hydrogen) atoms. The first-order chi connectivity index (χ1) is 9.63. The molecule has 104 valence electrons. The van der Waals surface area contributed by atoms with Gasteiger partial charge < -0.3 is 11.1 Å². The molecule has 0 amide bonds. The van der Waals surface area contributed by atoms with E-state index in [9.17, 15) is 4.39 Å². The van der Waals surface area contributed by atoms with Crippen molar-refractivity contribution in [3.8, 4) is 0 Å². The molecule has 0 spiro atoms. The second kappa shape index (κ2) is 5.07. The monoisotopic (exact) mass is 272 g/mol. The summed E-state index contributed by atoms with van der Waals surface area (Å²) >= 11 is 0. The molecule has 0 unspecified atom stereocenters. The Balaban J connectivity index is 1.79. The van der Waals surface area contributed by atoms with Gasteiger partial charge >= 0.3 is 0 Å². The highest BCUT2D eigenvalue weighted by Crippen LogP contribution is 2.39. The fourth-order valence-electron chi connectivity index (χ4n) is 2.08. The van der Waals surface area contributed by atoms with E-state index in [0.29, 0.717) is 18.3 Å². The molecule has 5 heteroatoms. The van der Waals surface area contributed by atoms with Crippen LogP contribution in [0.1, 0.15) is 35.7 Å². The highest BCUT2D eigenvalue weighted by atomic mass is 19.1. The normalized spacial score (nSPS) is 14.3. The van der Waals surface area contributed by atoms with Crippen LogP contribution in [0.4, 0.5) is 16.0 Å². The highest BCUT2D eigenvalue weighted by molar-refractivity contribution is 5.55. The van der Waals surface area contributed by atoms with E-state index in [1.165, 1.54) is 12.1 Å². The van der Waals surface area contributed by atoms with E-state index >= 15 is 0 Å². The summed E-state index contributed by atoms with van der Waals surface area (Å²) in [5, 5.41) is 3.22. The summed E-state index contributed by atoms with van der Waals surface area (Å²) in [6.07, 6.45) is 2.26. The van der Waals surface area contributed by atoms with Gasteiger partial charge in [-0.05, 0) is 37.5 Å². The van der Waals surface area contributed by atoms with E-state index in [0.717, 1.165) is 35.6 Å². The van der Waals surface area contributed by atoms with E-state index < -0.39 is 0 Å². The van der Waals surface area contributed by atoms with Crippen molar-refractivity contribution in [1.82, 2.24) is 9.97 Å². The first-order valence-corrected chi connectivity index (χ1v) is 6.76. The Bertz CT molecular complexity index is 638. The number of hydrogen-bond acceptors (Lipinski definition) is 4. The summed E-state index contributed by atoms with van der Waals surface area (Å²) in [5.41, 5.74) is 7.64. The second-order valence-electron chi connectivity index (χ2n) is 5.20. The van der Waals surface area contributed by atoms with Crippen LogP contribution in [0, 0.1) is 12.7 Å². The van der Waals surface area contributed by atoms with Crippen LogP contribution in [-0.4, -0.2) is 9.97 Å². The molecule has 1 saturated carbocycles. The first-order valence-electron chi connectivity index (χ1n) is 6.76. The summed E-state index contributed by atoms with van der Waals surface area (Å²) in [6.45, 7) is 2.40. The van der Waals surface area contributed by atoms with Gasteiger partial charge in [-0.15, -0.1) is 0 Å². The van der Waals surface area contributed by atoms with Crippen molar-refractivity contribution >= 4 is 11.6 Å². The number of nitrogen functional groups attached to an aromatic ring is 1. The summed E-state index contributed by atoms with van der Waals surface area (Å²) in [6, 6.07) is 6.51. The number of benzene rings is 1. The maximum Gasteiger partial charge on any atom is 0.136 e. The second-order valence-corrected chi connectivity index (χ2v) is 5.20. The molecule has 1 aromatic carbocycles. The third kappa shape index (κ3) is 2.71. The quantitative estimate of drug-likeness (QED) is 0.898. The fourth-order valence-corrected chi connectivity index (χ4v) is 2.08. The number of rotatable bonds is 4. The minimum absolute atomic E-state index is 0.234. The zero-order valence-corrected chi connectivity index (χ0v) is 11.4. The molecular weight excluding hydrogens is 255 g/mol. The predicted molar refractivity (Wildman–Crippen MR) is 76.9 cm³/mol. The number of anilines is 2. The van der Waals surface area contributed by atoms with E-state index in [2.05, 4.69) is 15.3 Å². The molecule has 3 rings (SSSR count). The number of aromatic nitrogens is 2. The molecule has 1 heterocycles. The molecule has 2 aromatic rings. The maximum absolute atomic E-state index is 13.1. The van der Waals surface area contributed by atoms with Gasteiger partial charge in [0.1, 0.15) is 23.3 Å². The lowest BCUT2D eigenvalue weighted by Crippen LogP contribution is -2.09. The standard InChI is InChI=1S/C15H17FN4/c1-9-13(17)19-15(11-5-6-11)20-14(9)18-8-10-3-2-4-12(16)7-10/h2-4,7,11H,5-6,8H2,1H3,(H3,17,18,19,20). The van der Waals surface area contributed by atoms with Gasteiger partial charge in [0.25, 0.3) is 0 Å². The average Bonchev–Trinajstić information content (AvgIpc) is 3.25. The molecule has 3 N–H and O–H groups in total. The van der Waals surface area contributed by atoms with Crippen molar-refractivity contribution < 1.29 is 4.39 Å². The van der Waals surface area contributed by atoms with Gasteiger partial charge in [-0.25, -0.2) is 14.4 Å². The topological polar surface area (TPSA) is 63.8 Å². The zero-order chi connectivity index (χ0) is 14.1. The van der Waals surface area contributed by atoms with Gasteiger partial charge in [0, 0.05) is 18.0 Å². The van der Waals surface area contributed by atoms with E-state index in [1.54, 1.807) is 6.07 Å². The number of nitrogens with two attached hydrogens (primary N) is 1. The van der Waals surface area contributed by atoms with Crippen LogP contribution >= 0.6 is 0 Å². The lowest BCUT2D eigenvalue weighted by atomic mass is 10.2. The van der Waals surface area contributed by atoms with Gasteiger partial charge in [0.05, 0.1) is 0 Å². The van der Waals surface area contributed by atoms with Crippen LogP contribution < -0.4 is 11.1 Å². The van der Waals surface area contributed by atoms with E-state index in [-0.39, 0.29) is 5.82 Å². The average molecular weight is 272 g/mol. The summed E-state index contributed by atoms with van der Waals surface area (Å²) < 4.78 is 13.1. The van der Waals surface area contributed by atoms with Crippen LogP contribution in [0.25, 0.3) is 0 Å². The molecule has 0 aliphatic heterocycles. The SMILES string of the molecule is Cc1c(N)nc(C2CC2)nc1NCc1cccc(F)c1. The minimum Gasteiger partial charge on any atom is -0.383 e. The summed E-state index contributed by atoms with van der Waals surface area (Å²) in [4.78, 5) is 8.87. The van der Waals surface area contributed by atoms with Crippen LogP contribution in [0.2, 0.25) is 0 Å². The van der Waals surface area contributed by atoms with Gasteiger partial charge in [0.15, 0.2) is 0 Å². The molecular formula is C15H17FN4. The molecule has 1 aliphatic rings. The smallest absolute Gasteiger partial charge is 0.136 e. The molecule has 4 nitrogen and oxygen atoms in total. The third-order valence-corrected chi connectivity index (χ3v) is 3.49. The third-order valence-electron chi connectivity index (χ3n) is 3.49. The van der Waals surface area contributed by atoms with Crippen molar-refractivity contribution in [2.45, 2.75) is 32.2 Å². The molecule has 0 atom stereocenters. The summed E-state index contributed by atoms with van der Waals surface area (Å²) in [5.74, 6) is 2.29. The van der Waals surface area contributed by atoms with Crippen molar-refractivity contribution in [3.63, 3.8) is 0 Å². The van der Waals surface area contributed by atoms with Crippen LogP contribution in [0.5, 0.6) is 0 Å². The van der Waals surface area contributed by atoms with Crippen molar-refractivity contribution in [2.24, 2.45) is 0 Å². The maximum atomic E-state index is 13.1. The van der Waals surface area contributed by atoms with Crippen molar-refractivity contribution in [1.29, 1.82) is 0 Å². The van der Waals surface area contributed by atoms with E-state index in [4.69, 9.17) is 5.73 Å². The zero-order valence-electron chi connectivity index (χ0n) is 11.4. The predicted octanol–water partition coefficient (Wildman–Crippen LogP) is 3.00. The number of hydrogen-bond donors (Lipinski definition) is 2. The molecule has 0 saturated heterocycles. The van der Waals surface area contributed by atoms with Gasteiger partial charge in [-0.1, -0.05) is 12.1 Å². The Labute approximate surface area is 117 Å². The minimum atomic E-state index is -0.234. The Hall–Kier alpha value is -2.17. The number of halogens is 1. The summed E-state index contributed by atoms with van der Waals surface area (Å²) in [7, 11) is 0. The van der Waals surface area contributed by atoms with Crippen molar-refractivity contribution in [3.05, 3.63) is 47.0 Å². The van der Waals surface area contributed by atoms with Gasteiger partial charge in [0.2, 0.25) is 0 Å². The van der Waals surface area contributed by atoms with Crippen molar-refractivity contribution in [2.75, 3.05) is 11.1 Å². The highest BCUT2D eigenvalue weighted by Gasteiger charge is 2.27. The van der Waals surface area contributed by atoms with Gasteiger partial charge in [-0.3, -0.25) is 0 Å². The Morgan fingerprint density at radius 3 is 2.85 bits per heavy atom. The Morgan fingerprint density at radius 1 is 1.35 bits per heavy atom. The molecule has 1 fully saturated rings. The first kappa shape index (κ1) is 12.8.